The van der Waals surface area contributed by atoms with Crippen molar-refractivity contribution in [2.24, 2.45) is 11.7 Å². The van der Waals surface area contributed by atoms with Gasteiger partial charge in [-0.3, -0.25) is 5.41 Å². The quantitative estimate of drug-likeness (QED) is 0.493. The van der Waals surface area contributed by atoms with Gasteiger partial charge in [-0.05, 0) is 30.3 Å². The maximum atomic E-state index is 13.1. The first-order chi connectivity index (χ1) is 5.22. The van der Waals surface area contributed by atoms with Gasteiger partial charge in [-0.2, -0.15) is 11.8 Å². The highest BCUT2D eigenvalue weighted by Crippen LogP contribution is 2.26. The van der Waals surface area contributed by atoms with E-state index in [1.807, 2.05) is 11.8 Å². The zero-order valence-electron chi connectivity index (χ0n) is 6.35. The van der Waals surface area contributed by atoms with Crippen LogP contribution in [0.25, 0.3) is 0 Å². The molecule has 0 aromatic rings. The number of alkyl halides is 1. The Kier molecular flexibility index (Phi) is 3.17. The number of thioether (sulfide) groups is 1. The van der Waals surface area contributed by atoms with Crippen molar-refractivity contribution in [3.63, 3.8) is 0 Å². The third kappa shape index (κ3) is 2.36. The summed E-state index contributed by atoms with van der Waals surface area (Å²) >= 11 is 1.85. The van der Waals surface area contributed by atoms with Crippen molar-refractivity contribution in [3.05, 3.63) is 0 Å². The fraction of sp³-hybridized carbons (Fsp3) is 0.857. The highest BCUT2D eigenvalue weighted by molar-refractivity contribution is 7.99. The second-order valence-electron chi connectivity index (χ2n) is 2.81. The van der Waals surface area contributed by atoms with Crippen molar-refractivity contribution in [1.82, 2.24) is 0 Å². The van der Waals surface area contributed by atoms with E-state index in [1.165, 1.54) is 0 Å². The average molecular weight is 176 g/mol. The van der Waals surface area contributed by atoms with E-state index in [-0.39, 0.29) is 11.8 Å². The number of rotatable bonds is 2. The molecule has 0 spiro atoms. The van der Waals surface area contributed by atoms with Gasteiger partial charge >= 0.3 is 0 Å². The minimum absolute atomic E-state index is 0.00810. The molecule has 1 rings (SSSR count). The first-order valence-electron chi connectivity index (χ1n) is 3.77. The minimum atomic E-state index is -1.20. The van der Waals surface area contributed by atoms with Crippen LogP contribution in [0.5, 0.6) is 0 Å². The lowest BCUT2D eigenvalue weighted by Gasteiger charge is -2.23. The van der Waals surface area contributed by atoms with Gasteiger partial charge in [0.2, 0.25) is 0 Å². The standard InChI is InChI=1S/C7H13FN2S/c8-6(7(9)10)5-1-3-11-4-2-5/h5-6H,1-4H2,(H3,9,10). The van der Waals surface area contributed by atoms with Crippen LogP contribution in [0, 0.1) is 11.3 Å². The third-order valence-corrected chi connectivity index (χ3v) is 3.03. The summed E-state index contributed by atoms with van der Waals surface area (Å²) in [6, 6.07) is 0. The van der Waals surface area contributed by atoms with Crippen LogP contribution in [-0.4, -0.2) is 23.5 Å². The molecule has 1 aliphatic rings. The van der Waals surface area contributed by atoms with Gasteiger partial charge in [0.05, 0.1) is 0 Å². The molecule has 1 aliphatic heterocycles. The molecule has 0 radical (unpaired) electrons. The Labute approximate surface area is 70.2 Å². The fourth-order valence-electron chi connectivity index (χ4n) is 1.26. The number of nitrogens with two attached hydrogens (primary N) is 1. The molecule has 1 heterocycles. The van der Waals surface area contributed by atoms with Crippen molar-refractivity contribution >= 4 is 17.6 Å². The van der Waals surface area contributed by atoms with Crippen LogP contribution in [-0.2, 0) is 0 Å². The Balaban J connectivity index is 2.38. The summed E-state index contributed by atoms with van der Waals surface area (Å²) in [6.07, 6.45) is 0.535. The predicted octanol–water partition coefficient (Wildman–Crippen LogP) is 1.40. The zero-order valence-corrected chi connectivity index (χ0v) is 7.16. The molecular formula is C7H13FN2S. The van der Waals surface area contributed by atoms with Crippen LogP contribution in [0.15, 0.2) is 0 Å². The van der Waals surface area contributed by atoms with Crippen LogP contribution in [0.1, 0.15) is 12.8 Å². The van der Waals surface area contributed by atoms with E-state index >= 15 is 0 Å². The van der Waals surface area contributed by atoms with Gasteiger partial charge in [0.15, 0.2) is 6.17 Å². The lowest BCUT2D eigenvalue weighted by molar-refractivity contribution is 0.283. The SMILES string of the molecule is N=C(N)C(F)C1CCSCC1. The largest absolute Gasteiger partial charge is 0.385 e. The smallest absolute Gasteiger partial charge is 0.159 e. The number of amidine groups is 1. The number of hydrogen-bond acceptors (Lipinski definition) is 2. The summed E-state index contributed by atoms with van der Waals surface area (Å²) in [5.74, 6) is 1.73. The molecule has 1 atom stereocenters. The van der Waals surface area contributed by atoms with Gasteiger partial charge < -0.3 is 5.73 Å². The molecular weight excluding hydrogens is 163 g/mol. The molecule has 1 unspecified atom stereocenters. The molecule has 1 saturated heterocycles. The van der Waals surface area contributed by atoms with Crippen LogP contribution >= 0.6 is 11.8 Å². The molecule has 0 aliphatic carbocycles. The Hall–Kier alpha value is -0.250. The van der Waals surface area contributed by atoms with E-state index in [2.05, 4.69) is 0 Å². The highest BCUT2D eigenvalue weighted by Gasteiger charge is 2.25. The van der Waals surface area contributed by atoms with E-state index in [0.29, 0.717) is 0 Å². The second kappa shape index (κ2) is 3.95. The molecule has 3 N–H and O–H groups in total. The summed E-state index contributed by atoms with van der Waals surface area (Å²) in [5.41, 5.74) is 5.07. The third-order valence-electron chi connectivity index (χ3n) is 1.98. The van der Waals surface area contributed by atoms with Crippen molar-refractivity contribution in [2.45, 2.75) is 19.0 Å². The van der Waals surface area contributed by atoms with Crippen LogP contribution < -0.4 is 5.73 Å². The van der Waals surface area contributed by atoms with Crippen molar-refractivity contribution in [3.8, 4) is 0 Å². The van der Waals surface area contributed by atoms with E-state index in [1.54, 1.807) is 0 Å². The highest BCUT2D eigenvalue weighted by atomic mass is 32.2. The van der Waals surface area contributed by atoms with Crippen molar-refractivity contribution < 1.29 is 4.39 Å². The van der Waals surface area contributed by atoms with E-state index in [4.69, 9.17) is 11.1 Å². The Morgan fingerprint density at radius 2 is 2.09 bits per heavy atom. The monoisotopic (exact) mass is 176 g/mol. The second-order valence-corrected chi connectivity index (χ2v) is 4.03. The number of halogens is 1. The number of nitrogens with one attached hydrogen (secondary N) is 1. The molecule has 0 aromatic heterocycles. The van der Waals surface area contributed by atoms with E-state index in [0.717, 1.165) is 24.3 Å². The van der Waals surface area contributed by atoms with Gasteiger partial charge in [-0.15, -0.1) is 0 Å². The van der Waals surface area contributed by atoms with Gasteiger partial charge in [0.25, 0.3) is 0 Å². The molecule has 2 nitrogen and oxygen atoms in total. The van der Waals surface area contributed by atoms with Gasteiger partial charge in [0.1, 0.15) is 5.84 Å². The topological polar surface area (TPSA) is 49.9 Å². The molecule has 11 heavy (non-hydrogen) atoms. The Morgan fingerprint density at radius 1 is 1.55 bits per heavy atom. The lowest BCUT2D eigenvalue weighted by Crippen LogP contribution is -2.33. The summed E-state index contributed by atoms with van der Waals surface area (Å²) in [5, 5.41) is 6.93. The molecule has 0 saturated carbocycles. The molecule has 0 aromatic carbocycles. The summed E-state index contributed by atoms with van der Waals surface area (Å²) in [6.45, 7) is 0. The first kappa shape index (κ1) is 8.84. The van der Waals surface area contributed by atoms with Crippen molar-refractivity contribution in [1.29, 1.82) is 5.41 Å². The minimum Gasteiger partial charge on any atom is -0.385 e. The van der Waals surface area contributed by atoms with E-state index < -0.39 is 6.17 Å². The summed E-state index contributed by atoms with van der Waals surface area (Å²) in [7, 11) is 0. The molecule has 0 bridgehead atoms. The average Bonchev–Trinajstić information content (AvgIpc) is 2.05. The molecule has 1 fully saturated rings. The number of hydrogen-bond donors (Lipinski definition) is 2. The zero-order chi connectivity index (χ0) is 8.27. The van der Waals surface area contributed by atoms with Gasteiger partial charge in [0, 0.05) is 0 Å². The maximum absolute atomic E-state index is 13.1. The van der Waals surface area contributed by atoms with Crippen LogP contribution in [0.4, 0.5) is 4.39 Å². The van der Waals surface area contributed by atoms with Gasteiger partial charge in [-0.25, -0.2) is 4.39 Å². The normalized spacial score (nSPS) is 23.0. The molecule has 0 amide bonds. The Morgan fingerprint density at radius 3 is 2.55 bits per heavy atom. The molecule has 4 heteroatoms. The van der Waals surface area contributed by atoms with Gasteiger partial charge in [-0.1, -0.05) is 0 Å². The maximum Gasteiger partial charge on any atom is 0.159 e. The summed E-state index contributed by atoms with van der Waals surface area (Å²) in [4.78, 5) is 0. The Bertz CT molecular complexity index is 145. The summed E-state index contributed by atoms with van der Waals surface area (Å²) < 4.78 is 13.1. The van der Waals surface area contributed by atoms with Crippen LogP contribution in [0.3, 0.4) is 0 Å². The lowest BCUT2D eigenvalue weighted by atomic mass is 9.96. The fourth-order valence-corrected chi connectivity index (χ4v) is 2.41. The molecule has 64 valence electrons. The van der Waals surface area contributed by atoms with Crippen LogP contribution in [0.2, 0.25) is 0 Å². The first-order valence-corrected chi connectivity index (χ1v) is 4.93. The van der Waals surface area contributed by atoms with E-state index in [9.17, 15) is 4.39 Å². The predicted molar refractivity (Wildman–Crippen MR) is 46.9 cm³/mol. The van der Waals surface area contributed by atoms with Crippen molar-refractivity contribution in [2.75, 3.05) is 11.5 Å².